The van der Waals surface area contributed by atoms with Crippen molar-refractivity contribution in [2.75, 3.05) is 12.3 Å². The summed E-state index contributed by atoms with van der Waals surface area (Å²) in [4.78, 5) is 0.891. The van der Waals surface area contributed by atoms with Gasteiger partial charge in [-0.2, -0.15) is 16.1 Å². The van der Waals surface area contributed by atoms with E-state index in [0.717, 1.165) is 10.6 Å². The molecule has 1 aromatic heterocycles. The van der Waals surface area contributed by atoms with Crippen molar-refractivity contribution in [1.82, 2.24) is 4.31 Å². The third-order valence-corrected chi connectivity index (χ3v) is 8.48. The van der Waals surface area contributed by atoms with Crippen molar-refractivity contribution in [2.24, 2.45) is 0 Å². The van der Waals surface area contributed by atoms with Crippen molar-refractivity contribution in [1.29, 1.82) is 0 Å². The first kappa shape index (κ1) is 14.7. The quantitative estimate of drug-likeness (QED) is 0.802. The standard InChI is InChI=1S/C11H16ClNO2S3/c1-8-9(2)16-6-5-13(8)18(14,15)11-4-3-10(7-12)17-11/h3-4,8-9H,5-7H2,1-2H3. The second-order valence-corrected chi connectivity index (χ2v) is 9.32. The smallest absolute Gasteiger partial charge is 0.206 e. The molecule has 0 aromatic carbocycles. The topological polar surface area (TPSA) is 37.4 Å². The zero-order valence-electron chi connectivity index (χ0n) is 10.3. The predicted molar refractivity (Wildman–Crippen MR) is 79.1 cm³/mol. The number of alkyl halides is 1. The highest BCUT2D eigenvalue weighted by Gasteiger charge is 2.35. The third kappa shape index (κ3) is 2.72. The van der Waals surface area contributed by atoms with Crippen LogP contribution in [0.4, 0.5) is 0 Å². The van der Waals surface area contributed by atoms with Gasteiger partial charge in [-0.3, -0.25) is 0 Å². The van der Waals surface area contributed by atoms with E-state index >= 15 is 0 Å². The fourth-order valence-corrected chi connectivity index (χ4v) is 6.51. The molecule has 1 aliphatic rings. The molecule has 0 spiro atoms. The molecule has 1 aromatic rings. The molecule has 3 nitrogen and oxygen atoms in total. The number of sulfonamides is 1. The van der Waals surface area contributed by atoms with Crippen LogP contribution in [0.2, 0.25) is 0 Å². The summed E-state index contributed by atoms with van der Waals surface area (Å²) in [5.41, 5.74) is 0. The van der Waals surface area contributed by atoms with E-state index in [9.17, 15) is 8.42 Å². The van der Waals surface area contributed by atoms with Crippen molar-refractivity contribution in [2.45, 2.75) is 35.2 Å². The summed E-state index contributed by atoms with van der Waals surface area (Å²) in [7, 11) is -3.35. The third-order valence-electron chi connectivity index (χ3n) is 3.16. The van der Waals surface area contributed by atoms with E-state index in [2.05, 4.69) is 6.92 Å². The first-order chi connectivity index (χ1) is 8.46. The average molecular weight is 326 g/mol. The average Bonchev–Trinajstić information content (AvgIpc) is 2.81. The lowest BCUT2D eigenvalue weighted by Crippen LogP contribution is -2.47. The Bertz CT molecular complexity index is 514. The van der Waals surface area contributed by atoms with Gasteiger partial charge in [0.1, 0.15) is 4.21 Å². The molecule has 0 saturated carbocycles. The van der Waals surface area contributed by atoms with Crippen molar-refractivity contribution >= 4 is 44.7 Å². The highest BCUT2D eigenvalue weighted by Crippen LogP contribution is 2.32. The Hall–Kier alpha value is 0.250. The Labute approximate surface area is 122 Å². The van der Waals surface area contributed by atoms with E-state index in [1.165, 1.54) is 11.3 Å². The summed E-state index contributed by atoms with van der Waals surface area (Å²) in [5.74, 6) is 1.22. The van der Waals surface area contributed by atoms with Crippen LogP contribution < -0.4 is 0 Å². The molecule has 0 amide bonds. The predicted octanol–water partition coefficient (Wildman–Crippen LogP) is 3.00. The number of halogens is 1. The van der Waals surface area contributed by atoms with E-state index in [0.29, 0.717) is 21.9 Å². The molecule has 1 aliphatic heterocycles. The molecule has 0 bridgehead atoms. The first-order valence-corrected chi connectivity index (χ1v) is 9.59. The fourth-order valence-electron chi connectivity index (χ4n) is 1.93. The summed E-state index contributed by atoms with van der Waals surface area (Å²) in [5, 5.41) is 0.334. The Kier molecular flexibility index (Phi) is 4.65. The number of hydrogen-bond acceptors (Lipinski definition) is 4. The Morgan fingerprint density at radius 2 is 2.17 bits per heavy atom. The molecule has 0 aliphatic carbocycles. The van der Waals surface area contributed by atoms with Gasteiger partial charge in [-0.25, -0.2) is 8.42 Å². The highest BCUT2D eigenvalue weighted by molar-refractivity contribution is 8.00. The lowest BCUT2D eigenvalue weighted by molar-refractivity contribution is 0.341. The van der Waals surface area contributed by atoms with Gasteiger partial charge in [0.2, 0.25) is 0 Å². The fraction of sp³-hybridized carbons (Fsp3) is 0.636. The van der Waals surface area contributed by atoms with Crippen LogP contribution in [-0.4, -0.2) is 36.3 Å². The largest absolute Gasteiger partial charge is 0.252 e. The van der Waals surface area contributed by atoms with Crippen LogP contribution in [0.25, 0.3) is 0 Å². The van der Waals surface area contributed by atoms with Gasteiger partial charge in [-0.05, 0) is 19.1 Å². The lowest BCUT2D eigenvalue weighted by Gasteiger charge is -2.35. The molecule has 1 fully saturated rings. The number of thioether (sulfide) groups is 1. The van der Waals surface area contributed by atoms with Crippen LogP contribution in [-0.2, 0) is 15.9 Å². The van der Waals surface area contributed by atoms with Crippen LogP contribution in [0.5, 0.6) is 0 Å². The van der Waals surface area contributed by atoms with Crippen molar-refractivity contribution < 1.29 is 8.42 Å². The molecule has 0 radical (unpaired) electrons. The van der Waals surface area contributed by atoms with E-state index in [1.54, 1.807) is 16.4 Å². The minimum absolute atomic E-state index is 0.0373. The monoisotopic (exact) mass is 325 g/mol. The normalized spacial score (nSPS) is 26.4. The molecule has 7 heteroatoms. The Morgan fingerprint density at radius 1 is 1.44 bits per heavy atom. The minimum Gasteiger partial charge on any atom is -0.206 e. The Morgan fingerprint density at radius 3 is 2.78 bits per heavy atom. The second-order valence-electron chi connectivity index (χ2n) is 4.29. The van der Waals surface area contributed by atoms with Gasteiger partial charge < -0.3 is 0 Å². The highest BCUT2D eigenvalue weighted by atomic mass is 35.5. The van der Waals surface area contributed by atoms with Crippen LogP contribution in [0.1, 0.15) is 18.7 Å². The zero-order chi connectivity index (χ0) is 13.3. The SMILES string of the molecule is CC1SCCN(S(=O)(=O)c2ccc(CCl)s2)C1C. The van der Waals surface area contributed by atoms with Gasteiger partial charge in [-0.1, -0.05) is 6.92 Å². The van der Waals surface area contributed by atoms with Crippen LogP contribution >= 0.6 is 34.7 Å². The van der Waals surface area contributed by atoms with E-state index in [4.69, 9.17) is 11.6 Å². The molecule has 2 heterocycles. The van der Waals surface area contributed by atoms with E-state index in [-0.39, 0.29) is 6.04 Å². The Balaban J connectivity index is 2.30. The number of thiophene rings is 1. The molecule has 0 N–H and O–H groups in total. The summed E-state index contributed by atoms with van der Waals surface area (Å²) >= 11 is 8.82. The molecule has 2 atom stereocenters. The molecule has 1 saturated heterocycles. The van der Waals surface area contributed by atoms with Gasteiger partial charge in [0.25, 0.3) is 10.0 Å². The molecule has 102 valence electrons. The molecular formula is C11H16ClNO2S3. The minimum atomic E-state index is -3.35. The summed E-state index contributed by atoms with van der Waals surface area (Å²) in [6, 6.07) is 3.49. The maximum atomic E-state index is 12.6. The van der Waals surface area contributed by atoms with Gasteiger partial charge in [0, 0.05) is 28.5 Å². The number of rotatable bonds is 3. The zero-order valence-corrected chi connectivity index (χ0v) is 13.5. The maximum Gasteiger partial charge on any atom is 0.252 e. The van der Waals surface area contributed by atoms with Crippen LogP contribution in [0.3, 0.4) is 0 Å². The van der Waals surface area contributed by atoms with Gasteiger partial charge >= 0.3 is 0 Å². The lowest BCUT2D eigenvalue weighted by atomic mass is 10.2. The summed E-state index contributed by atoms with van der Waals surface area (Å²) in [6.07, 6.45) is 0. The number of hydrogen-bond donors (Lipinski definition) is 0. The van der Waals surface area contributed by atoms with Crippen molar-refractivity contribution in [3.63, 3.8) is 0 Å². The van der Waals surface area contributed by atoms with Gasteiger partial charge in [-0.15, -0.1) is 22.9 Å². The summed E-state index contributed by atoms with van der Waals surface area (Å²) < 4.78 is 27.1. The molecular weight excluding hydrogens is 310 g/mol. The van der Waals surface area contributed by atoms with Crippen LogP contribution in [0.15, 0.2) is 16.3 Å². The van der Waals surface area contributed by atoms with Gasteiger partial charge in [0.05, 0.1) is 5.88 Å². The van der Waals surface area contributed by atoms with Gasteiger partial charge in [0.15, 0.2) is 0 Å². The molecule has 18 heavy (non-hydrogen) atoms. The second kappa shape index (κ2) is 5.71. The first-order valence-electron chi connectivity index (χ1n) is 5.75. The maximum absolute atomic E-state index is 12.6. The van der Waals surface area contributed by atoms with Crippen LogP contribution in [0, 0.1) is 0 Å². The van der Waals surface area contributed by atoms with E-state index < -0.39 is 10.0 Å². The molecule has 2 unspecified atom stereocenters. The van der Waals surface area contributed by atoms with Crippen molar-refractivity contribution in [3.05, 3.63) is 17.0 Å². The van der Waals surface area contributed by atoms with Crippen molar-refractivity contribution in [3.8, 4) is 0 Å². The summed E-state index contributed by atoms with van der Waals surface area (Å²) in [6.45, 7) is 4.65. The van der Waals surface area contributed by atoms with E-state index in [1.807, 2.05) is 18.7 Å². The molecule has 2 rings (SSSR count). The number of nitrogens with zero attached hydrogens (tertiary/aromatic N) is 1.